The number of rotatable bonds is 9. The first-order valence-electron chi connectivity index (χ1n) is 16.3. The predicted molar refractivity (Wildman–Crippen MR) is 200 cm³/mol. The molecule has 0 radical (unpaired) electrons. The number of ether oxygens (including phenoxy) is 1. The molecular formula is C45H40O. The molecule has 0 saturated carbocycles. The molecule has 0 aliphatic rings. The summed E-state index contributed by atoms with van der Waals surface area (Å²) in [5, 5.41) is 7.90. The Hall–Kier alpha value is -5.14. The van der Waals surface area contributed by atoms with E-state index in [1.165, 1.54) is 65.7 Å². The Morgan fingerprint density at radius 3 is 1.63 bits per heavy atom. The fourth-order valence-electron chi connectivity index (χ4n) is 6.64. The van der Waals surface area contributed by atoms with Gasteiger partial charge in [-0.25, -0.2) is 0 Å². The second-order valence-electron chi connectivity index (χ2n) is 13.4. The minimum absolute atomic E-state index is 0.0819. The Labute approximate surface area is 272 Å². The summed E-state index contributed by atoms with van der Waals surface area (Å²) in [6.07, 6.45) is 5.68. The van der Waals surface area contributed by atoms with E-state index in [0.717, 1.165) is 29.7 Å². The van der Waals surface area contributed by atoms with Crippen molar-refractivity contribution < 1.29 is 4.74 Å². The zero-order chi connectivity index (χ0) is 31.8. The van der Waals surface area contributed by atoms with Gasteiger partial charge in [-0.1, -0.05) is 143 Å². The standard InChI is InChI=1S/C45H40O/c1-6-30-10-16-33(17-11-30)41-29-42(34-18-12-32(13-19-34)9-8-26-46-38-22-14-31(7-2)15-23-38)40-25-21-36-28-37(45(3,4)5)27-35-20-24-39(41)44(40)43(35)36/h6-7,10-25,27-29H,1-2,8-9,26H2,3-5H3. The van der Waals surface area contributed by atoms with Crippen LogP contribution < -0.4 is 4.74 Å². The topological polar surface area (TPSA) is 9.23 Å². The Morgan fingerprint density at radius 2 is 1.11 bits per heavy atom. The van der Waals surface area contributed by atoms with Crippen molar-refractivity contribution in [1.82, 2.24) is 0 Å². The molecule has 226 valence electrons. The summed E-state index contributed by atoms with van der Waals surface area (Å²) in [5.41, 5.74) is 9.98. The van der Waals surface area contributed by atoms with Crippen LogP contribution >= 0.6 is 0 Å². The van der Waals surface area contributed by atoms with Crippen LogP contribution in [0.15, 0.2) is 128 Å². The smallest absolute Gasteiger partial charge is 0.119 e. The molecule has 1 nitrogen and oxygen atoms in total. The van der Waals surface area contributed by atoms with E-state index < -0.39 is 0 Å². The summed E-state index contributed by atoms with van der Waals surface area (Å²) in [5.74, 6) is 0.902. The van der Waals surface area contributed by atoms with Gasteiger partial charge in [-0.05, 0) is 113 Å². The van der Waals surface area contributed by atoms with Crippen molar-refractivity contribution in [2.24, 2.45) is 0 Å². The van der Waals surface area contributed by atoms with E-state index in [1.54, 1.807) is 0 Å². The van der Waals surface area contributed by atoms with Crippen molar-refractivity contribution in [3.8, 4) is 28.0 Å². The van der Waals surface area contributed by atoms with Crippen LogP contribution in [0.1, 0.15) is 49.4 Å². The van der Waals surface area contributed by atoms with Gasteiger partial charge in [0, 0.05) is 0 Å². The number of hydrogen-bond acceptors (Lipinski definition) is 1. The van der Waals surface area contributed by atoms with E-state index >= 15 is 0 Å². The van der Waals surface area contributed by atoms with Crippen LogP contribution in [0, 0.1) is 0 Å². The summed E-state index contributed by atoms with van der Waals surface area (Å²) >= 11 is 0. The average molecular weight is 597 g/mol. The van der Waals surface area contributed by atoms with Crippen LogP contribution in [-0.2, 0) is 11.8 Å². The molecule has 0 heterocycles. The lowest BCUT2D eigenvalue weighted by Gasteiger charge is -2.23. The molecular weight excluding hydrogens is 556 g/mol. The molecule has 0 N–H and O–H groups in total. The maximum Gasteiger partial charge on any atom is 0.119 e. The van der Waals surface area contributed by atoms with Gasteiger partial charge in [-0.15, -0.1) is 0 Å². The first-order chi connectivity index (χ1) is 22.3. The lowest BCUT2D eigenvalue weighted by Crippen LogP contribution is -2.10. The fourth-order valence-corrected chi connectivity index (χ4v) is 6.64. The zero-order valence-corrected chi connectivity index (χ0v) is 27.1. The van der Waals surface area contributed by atoms with E-state index in [0.29, 0.717) is 6.61 Å². The third kappa shape index (κ3) is 5.59. The van der Waals surface area contributed by atoms with E-state index in [-0.39, 0.29) is 5.41 Å². The SMILES string of the molecule is C=Cc1ccc(OCCCc2ccc(-c3cc(-c4ccc(C=C)cc4)c4ccc5cc(C(C)(C)C)cc6ccc3c4c56)cc2)cc1. The molecule has 0 bridgehead atoms. The van der Waals surface area contributed by atoms with E-state index in [1.807, 2.05) is 36.4 Å². The second-order valence-corrected chi connectivity index (χ2v) is 13.4. The highest BCUT2D eigenvalue weighted by molar-refractivity contribution is 6.28. The van der Waals surface area contributed by atoms with Crippen LogP contribution in [0.2, 0.25) is 0 Å². The minimum atomic E-state index is 0.0819. The maximum absolute atomic E-state index is 5.98. The van der Waals surface area contributed by atoms with Gasteiger partial charge in [0.25, 0.3) is 0 Å². The Morgan fingerprint density at radius 1 is 0.587 bits per heavy atom. The first kappa shape index (κ1) is 29.6. The van der Waals surface area contributed by atoms with Gasteiger partial charge < -0.3 is 4.74 Å². The number of benzene rings is 7. The molecule has 0 aliphatic carbocycles. The molecule has 7 aromatic carbocycles. The Kier molecular flexibility index (Phi) is 7.70. The summed E-state index contributed by atoms with van der Waals surface area (Å²) < 4.78 is 5.98. The van der Waals surface area contributed by atoms with E-state index in [4.69, 9.17) is 4.74 Å². The lowest BCUT2D eigenvalue weighted by atomic mass is 9.81. The van der Waals surface area contributed by atoms with Crippen molar-refractivity contribution in [1.29, 1.82) is 0 Å². The molecule has 0 aromatic heterocycles. The van der Waals surface area contributed by atoms with E-state index in [2.05, 4.69) is 125 Å². The zero-order valence-electron chi connectivity index (χ0n) is 27.1. The normalized spacial score (nSPS) is 11.8. The molecule has 1 heteroatoms. The van der Waals surface area contributed by atoms with Gasteiger partial charge in [-0.3, -0.25) is 0 Å². The summed E-state index contributed by atoms with van der Waals surface area (Å²) in [6.45, 7) is 15.3. The number of aryl methyl sites for hydroxylation is 1. The second kappa shape index (κ2) is 12.0. The van der Waals surface area contributed by atoms with Crippen molar-refractivity contribution in [3.05, 3.63) is 151 Å². The molecule has 0 atom stereocenters. The van der Waals surface area contributed by atoms with Gasteiger partial charge >= 0.3 is 0 Å². The van der Waals surface area contributed by atoms with Crippen LogP contribution in [0.3, 0.4) is 0 Å². The van der Waals surface area contributed by atoms with Crippen LogP contribution in [0.5, 0.6) is 5.75 Å². The van der Waals surface area contributed by atoms with Gasteiger partial charge in [-0.2, -0.15) is 0 Å². The van der Waals surface area contributed by atoms with Gasteiger partial charge in [0.1, 0.15) is 5.75 Å². The van der Waals surface area contributed by atoms with Crippen molar-refractivity contribution in [2.75, 3.05) is 6.61 Å². The molecule has 0 amide bonds. The highest BCUT2D eigenvalue weighted by atomic mass is 16.5. The number of hydrogen-bond donors (Lipinski definition) is 0. The van der Waals surface area contributed by atoms with Crippen LogP contribution in [-0.4, -0.2) is 6.61 Å². The highest BCUT2D eigenvalue weighted by Crippen LogP contribution is 2.45. The predicted octanol–water partition coefficient (Wildman–Crippen LogP) is 12.5. The third-order valence-corrected chi connectivity index (χ3v) is 9.30. The van der Waals surface area contributed by atoms with Crippen LogP contribution in [0.25, 0.3) is 66.7 Å². The van der Waals surface area contributed by atoms with Crippen molar-refractivity contribution >= 4 is 44.5 Å². The quantitative estimate of drug-likeness (QED) is 0.119. The lowest BCUT2D eigenvalue weighted by molar-refractivity contribution is 0.311. The van der Waals surface area contributed by atoms with Gasteiger partial charge in [0.05, 0.1) is 6.61 Å². The highest BCUT2D eigenvalue weighted by Gasteiger charge is 2.20. The fraction of sp³-hybridized carbons (Fsp3) is 0.156. The van der Waals surface area contributed by atoms with Gasteiger partial charge in [0.15, 0.2) is 0 Å². The molecule has 0 unspecified atom stereocenters. The maximum atomic E-state index is 5.98. The summed E-state index contributed by atoms with van der Waals surface area (Å²) in [6, 6.07) is 42.5. The molecule has 7 rings (SSSR count). The molecule has 0 fully saturated rings. The average Bonchev–Trinajstić information content (AvgIpc) is 3.09. The Balaban J connectivity index is 1.27. The minimum Gasteiger partial charge on any atom is -0.494 e. The summed E-state index contributed by atoms with van der Waals surface area (Å²) in [4.78, 5) is 0. The third-order valence-electron chi connectivity index (χ3n) is 9.30. The van der Waals surface area contributed by atoms with E-state index in [9.17, 15) is 0 Å². The molecule has 46 heavy (non-hydrogen) atoms. The molecule has 0 spiro atoms. The monoisotopic (exact) mass is 596 g/mol. The van der Waals surface area contributed by atoms with Crippen molar-refractivity contribution in [3.63, 3.8) is 0 Å². The molecule has 0 aliphatic heterocycles. The molecule has 7 aromatic rings. The first-order valence-corrected chi connectivity index (χ1v) is 16.3. The summed E-state index contributed by atoms with van der Waals surface area (Å²) in [7, 11) is 0. The van der Waals surface area contributed by atoms with Crippen LogP contribution in [0.4, 0.5) is 0 Å². The van der Waals surface area contributed by atoms with Crippen molar-refractivity contribution in [2.45, 2.75) is 39.0 Å². The van der Waals surface area contributed by atoms with Gasteiger partial charge in [0.2, 0.25) is 0 Å². The largest absolute Gasteiger partial charge is 0.494 e. The molecule has 0 saturated heterocycles. The Bertz CT molecular complexity index is 2160.